The summed E-state index contributed by atoms with van der Waals surface area (Å²) < 4.78 is 17.4. The number of esters is 1. The number of ether oxygens (including phenoxy) is 1. The van der Waals surface area contributed by atoms with E-state index in [0.29, 0.717) is 0 Å². The van der Waals surface area contributed by atoms with E-state index >= 15 is 0 Å². The molecule has 0 aliphatic carbocycles. The molecule has 1 rings (SSSR count). The van der Waals surface area contributed by atoms with Crippen LogP contribution < -0.4 is 5.73 Å². The molecular weight excluding hydrogens is 199 g/mol. The second-order valence-corrected chi connectivity index (χ2v) is 3.28. The maximum atomic E-state index is 12.6. The van der Waals surface area contributed by atoms with Crippen molar-refractivity contribution in [3.8, 4) is 0 Å². The topological polar surface area (TPSA) is 65.2 Å². The van der Waals surface area contributed by atoms with Crippen molar-refractivity contribution in [2.24, 2.45) is 5.73 Å². The van der Waals surface area contributed by atoms with E-state index in [-0.39, 0.29) is 12.3 Å². The molecule has 0 aliphatic heterocycles. The zero-order chi connectivity index (χ0) is 11.5. The number of nitrogens with two attached hydrogens (primary N) is 1. The molecule has 0 aromatic carbocycles. The van der Waals surface area contributed by atoms with Gasteiger partial charge in [0.1, 0.15) is 5.82 Å². The van der Waals surface area contributed by atoms with Gasteiger partial charge in [-0.1, -0.05) is 0 Å². The molecule has 1 unspecified atom stereocenters. The molecule has 0 radical (unpaired) electrons. The first-order valence-electron chi connectivity index (χ1n) is 4.56. The van der Waals surface area contributed by atoms with Gasteiger partial charge >= 0.3 is 5.97 Å². The highest BCUT2D eigenvalue weighted by atomic mass is 19.1. The number of hydrogen-bond acceptors (Lipinski definition) is 4. The summed E-state index contributed by atoms with van der Waals surface area (Å²) in [5, 5.41) is 0. The number of halogens is 1. The Bertz CT molecular complexity index is 349. The largest absolute Gasteiger partial charge is 0.464 e. The number of nitrogens with zero attached hydrogens (tertiary/aromatic N) is 1. The van der Waals surface area contributed by atoms with Crippen molar-refractivity contribution in [3.05, 3.63) is 29.8 Å². The van der Waals surface area contributed by atoms with Crippen molar-refractivity contribution in [3.63, 3.8) is 0 Å². The summed E-state index contributed by atoms with van der Waals surface area (Å²) in [7, 11) is 0. The standard InChI is InChI=1S/C10H13FN2O2/c1-3-15-9(14)10(2,12)8-5-4-7(11)6-13-8/h4-6H,3,12H2,1-2H3. The molecule has 1 aromatic rings. The summed E-state index contributed by atoms with van der Waals surface area (Å²) in [6.45, 7) is 3.41. The van der Waals surface area contributed by atoms with Gasteiger partial charge in [-0.15, -0.1) is 0 Å². The average molecular weight is 212 g/mol. The Hall–Kier alpha value is -1.49. The number of pyridine rings is 1. The molecule has 0 amide bonds. The zero-order valence-electron chi connectivity index (χ0n) is 8.66. The molecule has 1 atom stereocenters. The van der Waals surface area contributed by atoms with E-state index in [4.69, 9.17) is 10.5 Å². The van der Waals surface area contributed by atoms with E-state index in [1.165, 1.54) is 19.1 Å². The SMILES string of the molecule is CCOC(=O)C(C)(N)c1ccc(F)cn1. The van der Waals surface area contributed by atoms with Crippen LogP contribution in [0.4, 0.5) is 4.39 Å². The van der Waals surface area contributed by atoms with Crippen LogP contribution in [0.5, 0.6) is 0 Å². The van der Waals surface area contributed by atoms with Crippen molar-refractivity contribution in [1.82, 2.24) is 4.98 Å². The minimum Gasteiger partial charge on any atom is -0.464 e. The Labute approximate surface area is 87.3 Å². The van der Waals surface area contributed by atoms with Crippen LogP contribution >= 0.6 is 0 Å². The Kier molecular flexibility index (Phi) is 3.36. The summed E-state index contributed by atoms with van der Waals surface area (Å²) in [5.41, 5.74) is 4.69. The van der Waals surface area contributed by atoms with Gasteiger partial charge in [-0.3, -0.25) is 4.98 Å². The van der Waals surface area contributed by atoms with E-state index in [9.17, 15) is 9.18 Å². The number of hydrogen-bond donors (Lipinski definition) is 1. The van der Waals surface area contributed by atoms with Crippen LogP contribution in [0.2, 0.25) is 0 Å². The van der Waals surface area contributed by atoms with Crippen LogP contribution in [0.1, 0.15) is 19.5 Å². The smallest absolute Gasteiger partial charge is 0.332 e. The van der Waals surface area contributed by atoms with Gasteiger partial charge in [-0.25, -0.2) is 9.18 Å². The van der Waals surface area contributed by atoms with Crippen molar-refractivity contribution in [1.29, 1.82) is 0 Å². The zero-order valence-corrected chi connectivity index (χ0v) is 8.66. The predicted molar refractivity (Wildman–Crippen MR) is 52.4 cm³/mol. The average Bonchev–Trinajstić information content (AvgIpc) is 2.18. The lowest BCUT2D eigenvalue weighted by molar-refractivity contribution is -0.149. The monoisotopic (exact) mass is 212 g/mol. The molecule has 0 bridgehead atoms. The van der Waals surface area contributed by atoms with E-state index < -0.39 is 17.3 Å². The first kappa shape index (κ1) is 11.6. The summed E-state index contributed by atoms with van der Waals surface area (Å²) in [6.07, 6.45) is 1.01. The number of carbonyl (C=O) groups excluding carboxylic acids is 1. The molecule has 5 heteroatoms. The van der Waals surface area contributed by atoms with Gasteiger partial charge < -0.3 is 10.5 Å². The van der Waals surface area contributed by atoms with E-state index in [0.717, 1.165) is 6.20 Å². The minimum atomic E-state index is -1.34. The lowest BCUT2D eigenvalue weighted by Gasteiger charge is -2.21. The Balaban J connectivity index is 2.94. The van der Waals surface area contributed by atoms with Crippen molar-refractivity contribution >= 4 is 5.97 Å². The third-order valence-electron chi connectivity index (χ3n) is 1.96. The van der Waals surface area contributed by atoms with Crippen molar-refractivity contribution in [2.45, 2.75) is 19.4 Å². The lowest BCUT2D eigenvalue weighted by Crippen LogP contribution is -2.43. The molecule has 2 N–H and O–H groups in total. The van der Waals surface area contributed by atoms with Gasteiger partial charge in [0.15, 0.2) is 5.54 Å². The second-order valence-electron chi connectivity index (χ2n) is 3.28. The maximum Gasteiger partial charge on any atom is 0.332 e. The highest BCUT2D eigenvalue weighted by molar-refractivity contribution is 5.81. The number of aromatic nitrogens is 1. The van der Waals surface area contributed by atoms with Crippen LogP contribution in [0.3, 0.4) is 0 Å². The van der Waals surface area contributed by atoms with Gasteiger partial charge in [-0.05, 0) is 26.0 Å². The summed E-state index contributed by atoms with van der Waals surface area (Å²) in [5.74, 6) is -1.05. The van der Waals surface area contributed by atoms with Crippen LogP contribution in [-0.2, 0) is 15.1 Å². The molecule has 0 aliphatic rings. The Morgan fingerprint density at radius 3 is 2.80 bits per heavy atom. The third-order valence-corrected chi connectivity index (χ3v) is 1.96. The highest BCUT2D eigenvalue weighted by Crippen LogP contribution is 2.17. The molecular formula is C10H13FN2O2. The highest BCUT2D eigenvalue weighted by Gasteiger charge is 2.33. The fraction of sp³-hybridized carbons (Fsp3) is 0.400. The summed E-state index contributed by atoms with van der Waals surface area (Å²) >= 11 is 0. The Morgan fingerprint density at radius 2 is 2.33 bits per heavy atom. The van der Waals surface area contributed by atoms with Gasteiger partial charge in [-0.2, -0.15) is 0 Å². The summed E-state index contributed by atoms with van der Waals surface area (Å²) in [6, 6.07) is 2.57. The Morgan fingerprint density at radius 1 is 1.67 bits per heavy atom. The van der Waals surface area contributed by atoms with E-state index in [2.05, 4.69) is 4.98 Å². The van der Waals surface area contributed by atoms with Crippen molar-refractivity contribution < 1.29 is 13.9 Å². The quantitative estimate of drug-likeness (QED) is 0.758. The molecule has 4 nitrogen and oxygen atoms in total. The molecule has 0 saturated heterocycles. The first-order chi connectivity index (χ1) is 6.98. The second kappa shape index (κ2) is 4.35. The minimum absolute atomic E-state index is 0.243. The molecule has 82 valence electrons. The normalized spacial score (nSPS) is 14.4. The fourth-order valence-corrected chi connectivity index (χ4v) is 1.07. The molecule has 1 aromatic heterocycles. The molecule has 0 spiro atoms. The third kappa shape index (κ3) is 2.50. The van der Waals surface area contributed by atoms with Gasteiger partial charge in [0.2, 0.25) is 0 Å². The van der Waals surface area contributed by atoms with Crippen LogP contribution in [0.25, 0.3) is 0 Å². The number of rotatable bonds is 3. The van der Waals surface area contributed by atoms with Crippen molar-refractivity contribution in [2.75, 3.05) is 6.61 Å². The van der Waals surface area contributed by atoms with Crippen LogP contribution in [0, 0.1) is 5.82 Å². The molecule has 15 heavy (non-hydrogen) atoms. The van der Waals surface area contributed by atoms with Crippen LogP contribution in [-0.4, -0.2) is 17.6 Å². The van der Waals surface area contributed by atoms with Gasteiger partial charge in [0, 0.05) is 0 Å². The van der Waals surface area contributed by atoms with Crippen LogP contribution in [0.15, 0.2) is 18.3 Å². The molecule has 0 saturated carbocycles. The molecule has 0 fully saturated rings. The maximum absolute atomic E-state index is 12.6. The fourth-order valence-electron chi connectivity index (χ4n) is 1.07. The number of carbonyl (C=O) groups is 1. The van der Waals surface area contributed by atoms with E-state index in [1.807, 2.05) is 0 Å². The van der Waals surface area contributed by atoms with Gasteiger partial charge in [0.25, 0.3) is 0 Å². The molecule has 1 heterocycles. The predicted octanol–water partition coefficient (Wildman–Crippen LogP) is 0.958. The summed E-state index contributed by atoms with van der Waals surface area (Å²) in [4.78, 5) is 15.2. The van der Waals surface area contributed by atoms with Gasteiger partial charge in [0.05, 0.1) is 18.5 Å². The lowest BCUT2D eigenvalue weighted by atomic mass is 9.99. The first-order valence-corrected chi connectivity index (χ1v) is 4.56. The van der Waals surface area contributed by atoms with E-state index in [1.54, 1.807) is 6.92 Å².